The molecule has 45 heavy (non-hydrogen) atoms. The zero-order valence-electron chi connectivity index (χ0n) is 26.5. The van der Waals surface area contributed by atoms with Crippen LogP contribution in [0.3, 0.4) is 0 Å². The van der Waals surface area contributed by atoms with Gasteiger partial charge in [-0.3, -0.25) is 23.9 Å². The number of carbonyl (C=O) groups is 5. The number of alkyl halides is 3. The first kappa shape index (κ1) is 35.8. The Balaban J connectivity index is 1.83. The fourth-order valence-corrected chi connectivity index (χ4v) is 5.63. The molecule has 0 spiro atoms. The summed E-state index contributed by atoms with van der Waals surface area (Å²) in [5.41, 5.74) is -0.905. The molecule has 2 heterocycles. The second-order valence-electron chi connectivity index (χ2n) is 13.4. The van der Waals surface area contributed by atoms with E-state index in [1.165, 1.54) is 4.90 Å². The summed E-state index contributed by atoms with van der Waals surface area (Å²) in [6.45, 7) is 9.73. The number of rotatable bonds is 11. The van der Waals surface area contributed by atoms with Gasteiger partial charge in [-0.15, -0.1) is 13.2 Å². The van der Waals surface area contributed by atoms with Gasteiger partial charge in [0.05, 0.1) is 6.04 Å². The Morgan fingerprint density at radius 3 is 2.29 bits per heavy atom. The highest BCUT2D eigenvalue weighted by molar-refractivity contribution is 5.96. The van der Waals surface area contributed by atoms with Crippen molar-refractivity contribution in [3.63, 3.8) is 0 Å². The lowest BCUT2D eigenvalue weighted by Gasteiger charge is -2.38. The van der Waals surface area contributed by atoms with Crippen LogP contribution in [-0.4, -0.2) is 78.7 Å². The van der Waals surface area contributed by atoms with Crippen molar-refractivity contribution in [3.8, 4) is 0 Å². The molecule has 14 heteroatoms. The number of carbonyl (C=O) groups excluding carboxylic acids is 5. The molecule has 11 nitrogen and oxygen atoms in total. The molecule has 3 rings (SSSR count). The van der Waals surface area contributed by atoms with E-state index in [2.05, 4.69) is 20.7 Å². The van der Waals surface area contributed by atoms with Crippen LogP contribution in [0, 0.1) is 22.7 Å². The van der Waals surface area contributed by atoms with Crippen molar-refractivity contribution in [1.29, 1.82) is 0 Å². The summed E-state index contributed by atoms with van der Waals surface area (Å²) in [5.74, 6) is -3.67. The van der Waals surface area contributed by atoms with E-state index in [1.54, 1.807) is 58.9 Å². The summed E-state index contributed by atoms with van der Waals surface area (Å²) in [6.07, 6.45) is -5.79. The summed E-state index contributed by atoms with van der Waals surface area (Å²) < 4.78 is 47.2. The monoisotopic (exact) mass is 640 g/mol. The molecule has 0 bridgehead atoms. The highest BCUT2D eigenvalue weighted by Crippen LogP contribution is 2.42. The van der Waals surface area contributed by atoms with Gasteiger partial charge in [0.15, 0.2) is 5.78 Å². The first-order chi connectivity index (χ1) is 20.8. The molecular formula is C31H43F3N4O7. The Kier molecular flexibility index (Phi) is 11.3. The van der Waals surface area contributed by atoms with Crippen LogP contribution >= 0.6 is 0 Å². The zero-order chi connectivity index (χ0) is 33.7. The van der Waals surface area contributed by atoms with E-state index in [0.717, 1.165) is 5.56 Å². The fraction of sp³-hybridized carbons (Fsp3) is 0.645. The number of nitrogens with one attached hydrogen (secondary N) is 3. The van der Waals surface area contributed by atoms with Gasteiger partial charge in [0.25, 0.3) is 0 Å². The van der Waals surface area contributed by atoms with Crippen molar-refractivity contribution in [1.82, 2.24) is 20.9 Å². The maximum Gasteiger partial charge on any atom is 0.522 e. The third-order valence-corrected chi connectivity index (χ3v) is 8.64. The van der Waals surface area contributed by atoms with Gasteiger partial charge >= 0.3 is 12.5 Å². The molecule has 0 aromatic heterocycles. The third-order valence-electron chi connectivity index (χ3n) is 8.64. The van der Waals surface area contributed by atoms with Gasteiger partial charge in [0, 0.05) is 19.0 Å². The summed E-state index contributed by atoms with van der Waals surface area (Å²) in [4.78, 5) is 67.3. The van der Waals surface area contributed by atoms with Gasteiger partial charge in [-0.05, 0) is 35.2 Å². The molecular weight excluding hydrogens is 597 g/mol. The number of nitrogens with zero attached hydrogens (tertiary/aromatic N) is 1. The van der Waals surface area contributed by atoms with Crippen LogP contribution in [0.25, 0.3) is 0 Å². The predicted molar refractivity (Wildman–Crippen MR) is 156 cm³/mol. The maximum absolute atomic E-state index is 14.1. The standard InChI is InChI=1S/C31H43F3N4O7/c1-18-15-38(27(42)23(29(2,3)4)37-28(43)44-16-19-10-8-7-9-11-19)24(30(18,5)6)26(41)36-21(14-20-12-13-35-25(20)40)22(39)17-45-31(32,33)34/h7-11,18,20-21,23-24H,12-17H2,1-6H3,(H,35,40)(H,36,41)(H,37,43)/t18-,20+,21+,23-,24-/m1/s1. The van der Waals surface area contributed by atoms with Gasteiger partial charge in [-0.25, -0.2) is 4.79 Å². The number of halogens is 3. The van der Waals surface area contributed by atoms with E-state index in [0.29, 0.717) is 13.0 Å². The molecule has 0 aliphatic carbocycles. The van der Waals surface area contributed by atoms with Crippen LogP contribution in [0.15, 0.2) is 30.3 Å². The normalized spacial score (nSPS) is 22.7. The van der Waals surface area contributed by atoms with Gasteiger partial charge in [0.1, 0.15) is 25.3 Å². The number of Topliss-reactive ketones (excluding diaryl/α,β-unsaturated/α-hetero) is 1. The summed E-state index contributed by atoms with van der Waals surface area (Å²) in [6, 6.07) is 5.24. The molecule has 0 radical (unpaired) electrons. The summed E-state index contributed by atoms with van der Waals surface area (Å²) in [5, 5.41) is 7.79. The SMILES string of the molecule is C[C@@H]1CN(C(=O)[C@@H](NC(=O)OCc2ccccc2)C(C)(C)C)[C@H](C(=O)N[C@@H](C[C@@H]2CCNC2=O)C(=O)COC(F)(F)F)C1(C)C. The lowest BCUT2D eigenvalue weighted by atomic mass is 9.77. The summed E-state index contributed by atoms with van der Waals surface area (Å²) in [7, 11) is 0. The maximum atomic E-state index is 14.1. The Hall–Kier alpha value is -3.68. The molecule has 0 unspecified atom stereocenters. The number of amides is 4. The van der Waals surface area contributed by atoms with Crippen molar-refractivity contribution in [3.05, 3.63) is 35.9 Å². The number of hydrogen-bond acceptors (Lipinski definition) is 7. The summed E-state index contributed by atoms with van der Waals surface area (Å²) >= 11 is 0. The van der Waals surface area contributed by atoms with E-state index in [9.17, 15) is 37.1 Å². The van der Waals surface area contributed by atoms with Gasteiger partial charge in [-0.1, -0.05) is 71.9 Å². The Morgan fingerprint density at radius 1 is 1.09 bits per heavy atom. The topological polar surface area (TPSA) is 143 Å². The zero-order valence-corrected chi connectivity index (χ0v) is 26.5. The molecule has 2 aliphatic heterocycles. The second kappa shape index (κ2) is 14.2. The first-order valence-electron chi connectivity index (χ1n) is 14.9. The molecule has 1 aromatic carbocycles. The Labute approximate surface area is 260 Å². The highest BCUT2D eigenvalue weighted by atomic mass is 19.4. The molecule has 2 fully saturated rings. The lowest BCUT2D eigenvalue weighted by molar-refractivity contribution is -0.321. The van der Waals surface area contributed by atoms with E-state index in [-0.39, 0.29) is 31.4 Å². The van der Waals surface area contributed by atoms with Crippen molar-refractivity contribution in [2.75, 3.05) is 19.7 Å². The molecule has 4 amide bonds. The van der Waals surface area contributed by atoms with Crippen molar-refractivity contribution in [2.24, 2.45) is 22.7 Å². The van der Waals surface area contributed by atoms with E-state index < -0.39 is 71.5 Å². The van der Waals surface area contributed by atoms with E-state index in [1.807, 2.05) is 13.0 Å². The average molecular weight is 641 g/mol. The number of ether oxygens (including phenoxy) is 2. The van der Waals surface area contributed by atoms with Gasteiger partial charge < -0.3 is 25.6 Å². The molecule has 2 saturated heterocycles. The van der Waals surface area contributed by atoms with Crippen LogP contribution in [-0.2, 0) is 35.3 Å². The highest BCUT2D eigenvalue weighted by Gasteiger charge is 2.54. The molecule has 1 aromatic rings. The molecule has 0 saturated carbocycles. The number of alkyl carbamates (subject to hydrolysis) is 1. The third kappa shape index (κ3) is 9.41. The lowest BCUT2D eigenvalue weighted by Crippen LogP contribution is -2.60. The van der Waals surface area contributed by atoms with Crippen LogP contribution in [0.4, 0.5) is 18.0 Å². The van der Waals surface area contributed by atoms with Crippen molar-refractivity contribution < 1.29 is 46.6 Å². The minimum absolute atomic E-state index is 0.0248. The Morgan fingerprint density at radius 2 is 1.73 bits per heavy atom. The van der Waals surface area contributed by atoms with Gasteiger partial charge in [-0.2, -0.15) is 0 Å². The second-order valence-corrected chi connectivity index (χ2v) is 13.4. The van der Waals surface area contributed by atoms with Gasteiger partial charge in [0.2, 0.25) is 17.7 Å². The van der Waals surface area contributed by atoms with Crippen LogP contribution in [0.5, 0.6) is 0 Å². The van der Waals surface area contributed by atoms with Crippen LogP contribution in [0.2, 0.25) is 0 Å². The number of likely N-dealkylation sites (tertiary alicyclic amines) is 1. The number of hydrogen-bond donors (Lipinski definition) is 3. The predicted octanol–water partition coefficient (Wildman–Crippen LogP) is 3.32. The largest absolute Gasteiger partial charge is 0.522 e. The smallest absolute Gasteiger partial charge is 0.445 e. The minimum atomic E-state index is -5.07. The fourth-order valence-electron chi connectivity index (χ4n) is 5.63. The van der Waals surface area contributed by atoms with E-state index in [4.69, 9.17) is 4.74 Å². The van der Waals surface area contributed by atoms with Crippen LogP contribution < -0.4 is 16.0 Å². The van der Waals surface area contributed by atoms with Crippen LogP contribution in [0.1, 0.15) is 59.9 Å². The van der Waals surface area contributed by atoms with Crippen molar-refractivity contribution in [2.45, 2.75) is 85.5 Å². The molecule has 5 atom stereocenters. The number of benzene rings is 1. The van der Waals surface area contributed by atoms with Crippen molar-refractivity contribution >= 4 is 29.6 Å². The average Bonchev–Trinajstić information content (AvgIpc) is 3.46. The molecule has 2 aliphatic rings. The molecule has 250 valence electrons. The van der Waals surface area contributed by atoms with E-state index >= 15 is 0 Å². The first-order valence-corrected chi connectivity index (χ1v) is 14.9. The quantitative estimate of drug-likeness (QED) is 0.337. The minimum Gasteiger partial charge on any atom is -0.445 e. The number of ketones is 1. The Bertz CT molecular complexity index is 1250. The molecule has 3 N–H and O–H groups in total.